The topological polar surface area (TPSA) is 66.5 Å². The molecule has 10 heteroatoms. The van der Waals surface area contributed by atoms with Gasteiger partial charge >= 0.3 is 6.18 Å². The summed E-state index contributed by atoms with van der Waals surface area (Å²) in [7, 11) is 1.02. The Balaban J connectivity index is 2.55. The van der Waals surface area contributed by atoms with Crippen molar-refractivity contribution < 1.29 is 36.3 Å². The highest BCUT2D eigenvalue weighted by atomic mass is 19.4. The molecule has 1 fully saturated rings. The average molecular weight is 364 g/mol. The molecule has 1 saturated heterocycles. The molecule has 5 nitrogen and oxygen atoms in total. The fraction of sp³-hybridized carbons (Fsp3) is 0.400. The highest BCUT2D eigenvalue weighted by molar-refractivity contribution is 6.26. The van der Waals surface area contributed by atoms with Crippen LogP contribution in [0.2, 0.25) is 0 Å². The second-order valence-electron chi connectivity index (χ2n) is 5.70. The highest BCUT2D eigenvalue weighted by Crippen LogP contribution is 2.47. The predicted octanol–water partition coefficient (Wildman–Crippen LogP) is 2.13. The fourth-order valence-corrected chi connectivity index (χ4v) is 2.93. The number of hydrogen-bond acceptors (Lipinski definition) is 3. The van der Waals surface area contributed by atoms with Gasteiger partial charge in [-0.05, 0) is 19.1 Å². The molecule has 1 N–H and O–H groups in total. The van der Waals surface area contributed by atoms with E-state index in [1.807, 2.05) is 0 Å². The number of halogens is 5. The molecule has 1 aromatic rings. The van der Waals surface area contributed by atoms with Crippen molar-refractivity contribution in [2.75, 3.05) is 18.9 Å². The second-order valence-corrected chi connectivity index (χ2v) is 5.70. The van der Waals surface area contributed by atoms with E-state index in [0.717, 1.165) is 25.2 Å². The quantitative estimate of drug-likeness (QED) is 0.660. The van der Waals surface area contributed by atoms with Crippen LogP contribution in [0.15, 0.2) is 18.2 Å². The molecule has 0 unspecified atom stereocenters. The number of amides is 2. The standard InChI is InChI=1S/C15H13F5N2O3/c1-7(23)14(10(15(18,19)20)6-22(2)13(14)25)12(24)21-9-5-3-4-8(16)11(9)17/h3-5,10H,6H2,1-2H3,(H,21,24)/t10-,14+/m0/s1. The molecule has 0 radical (unpaired) electrons. The summed E-state index contributed by atoms with van der Waals surface area (Å²) in [4.78, 5) is 37.4. The lowest BCUT2D eigenvalue weighted by molar-refractivity contribution is -0.198. The van der Waals surface area contributed by atoms with Crippen LogP contribution in [-0.2, 0) is 14.4 Å². The zero-order valence-electron chi connectivity index (χ0n) is 13.1. The summed E-state index contributed by atoms with van der Waals surface area (Å²) in [6.07, 6.45) is -5.04. The van der Waals surface area contributed by atoms with Gasteiger partial charge in [0.15, 0.2) is 22.8 Å². The molecule has 2 atom stereocenters. The number of benzene rings is 1. The zero-order valence-corrected chi connectivity index (χ0v) is 13.1. The number of carbonyl (C=O) groups excluding carboxylic acids is 3. The van der Waals surface area contributed by atoms with E-state index in [4.69, 9.17) is 0 Å². The van der Waals surface area contributed by atoms with Crippen molar-refractivity contribution in [2.45, 2.75) is 13.1 Å². The van der Waals surface area contributed by atoms with Crippen molar-refractivity contribution in [3.05, 3.63) is 29.8 Å². The first-order chi connectivity index (χ1) is 11.4. The number of ketones is 1. The number of anilines is 1. The zero-order chi connectivity index (χ0) is 19.2. The average Bonchev–Trinajstić information content (AvgIpc) is 2.77. The second kappa shape index (κ2) is 6.08. The summed E-state index contributed by atoms with van der Waals surface area (Å²) in [5.41, 5.74) is -3.86. The summed E-state index contributed by atoms with van der Waals surface area (Å²) in [5, 5.41) is 1.75. The monoisotopic (exact) mass is 364 g/mol. The van der Waals surface area contributed by atoms with Crippen LogP contribution in [0.3, 0.4) is 0 Å². The first-order valence-electron chi connectivity index (χ1n) is 7.02. The number of hydrogen-bond donors (Lipinski definition) is 1. The van der Waals surface area contributed by atoms with Gasteiger partial charge in [-0.3, -0.25) is 14.4 Å². The molecule has 2 amide bonds. The van der Waals surface area contributed by atoms with Gasteiger partial charge in [0.05, 0.1) is 5.69 Å². The summed E-state index contributed by atoms with van der Waals surface area (Å²) in [6.45, 7) is -0.224. The number of likely N-dealkylation sites (tertiary alicyclic amines) is 1. The predicted molar refractivity (Wildman–Crippen MR) is 75.3 cm³/mol. The maximum absolute atomic E-state index is 13.7. The molecule has 0 aromatic heterocycles. The lowest BCUT2D eigenvalue weighted by Crippen LogP contribution is -2.54. The molecule has 136 valence electrons. The van der Waals surface area contributed by atoms with Gasteiger partial charge in [-0.25, -0.2) is 8.78 Å². The lowest BCUT2D eigenvalue weighted by atomic mass is 9.73. The Labute approximate surface area is 138 Å². The summed E-state index contributed by atoms with van der Waals surface area (Å²) >= 11 is 0. The Hall–Kier alpha value is -2.52. The van der Waals surface area contributed by atoms with Crippen molar-refractivity contribution in [3.8, 4) is 0 Å². The Morgan fingerprint density at radius 1 is 1.28 bits per heavy atom. The van der Waals surface area contributed by atoms with E-state index in [-0.39, 0.29) is 0 Å². The molecule has 1 aromatic carbocycles. The van der Waals surface area contributed by atoms with Crippen LogP contribution in [0.5, 0.6) is 0 Å². The Bertz CT molecular complexity index is 749. The first-order valence-corrected chi connectivity index (χ1v) is 7.02. The number of nitrogens with zero attached hydrogens (tertiary/aromatic N) is 1. The van der Waals surface area contributed by atoms with Crippen LogP contribution in [-0.4, -0.2) is 42.3 Å². The number of rotatable bonds is 3. The fourth-order valence-electron chi connectivity index (χ4n) is 2.93. The normalized spacial score (nSPS) is 23.7. The number of alkyl halides is 3. The van der Waals surface area contributed by atoms with Crippen LogP contribution >= 0.6 is 0 Å². The smallest absolute Gasteiger partial charge is 0.344 e. The van der Waals surface area contributed by atoms with E-state index in [0.29, 0.717) is 11.8 Å². The van der Waals surface area contributed by atoms with E-state index in [1.54, 1.807) is 5.32 Å². The van der Waals surface area contributed by atoms with Crippen molar-refractivity contribution in [1.29, 1.82) is 0 Å². The largest absolute Gasteiger partial charge is 0.395 e. The minimum absolute atomic E-state index is 0.612. The molecule has 0 bridgehead atoms. The van der Waals surface area contributed by atoms with Gasteiger partial charge in [-0.15, -0.1) is 0 Å². The molecule has 0 aliphatic carbocycles. The van der Waals surface area contributed by atoms with E-state index in [2.05, 4.69) is 0 Å². The molecular formula is C15H13F5N2O3. The lowest BCUT2D eigenvalue weighted by Gasteiger charge is -2.30. The Morgan fingerprint density at radius 2 is 1.88 bits per heavy atom. The number of carbonyl (C=O) groups is 3. The van der Waals surface area contributed by atoms with E-state index >= 15 is 0 Å². The van der Waals surface area contributed by atoms with Crippen LogP contribution in [0.4, 0.5) is 27.6 Å². The van der Waals surface area contributed by atoms with Crippen LogP contribution in [0.25, 0.3) is 0 Å². The van der Waals surface area contributed by atoms with Gasteiger partial charge in [0, 0.05) is 13.6 Å². The van der Waals surface area contributed by atoms with Crippen LogP contribution < -0.4 is 5.32 Å². The number of nitrogens with one attached hydrogen (secondary N) is 1. The molecule has 0 spiro atoms. The van der Waals surface area contributed by atoms with Crippen molar-refractivity contribution in [3.63, 3.8) is 0 Å². The van der Waals surface area contributed by atoms with Gasteiger partial charge < -0.3 is 10.2 Å². The van der Waals surface area contributed by atoms with Gasteiger partial charge in [0.2, 0.25) is 11.8 Å². The van der Waals surface area contributed by atoms with Crippen LogP contribution in [0, 0.1) is 23.0 Å². The maximum atomic E-state index is 13.7. The Morgan fingerprint density at radius 3 is 2.40 bits per heavy atom. The summed E-state index contributed by atoms with van der Waals surface area (Å²) in [6, 6.07) is 2.65. The highest BCUT2D eigenvalue weighted by Gasteiger charge is 2.69. The van der Waals surface area contributed by atoms with Crippen LogP contribution in [0.1, 0.15) is 6.92 Å². The first kappa shape index (κ1) is 18.8. The minimum Gasteiger partial charge on any atom is -0.344 e. The maximum Gasteiger partial charge on any atom is 0.395 e. The molecule has 0 saturated carbocycles. The van der Waals surface area contributed by atoms with E-state index in [1.165, 1.54) is 0 Å². The molecular weight excluding hydrogens is 351 g/mol. The van der Waals surface area contributed by atoms with E-state index < -0.39 is 59.0 Å². The minimum atomic E-state index is -5.04. The third kappa shape index (κ3) is 2.85. The molecule has 25 heavy (non-hydrogen) atoms. The van der Waals surface area contributed by atoms with Crippen molar-refractivity contribution in [2.24, 2.45) is 11.3 Å². The molecule has 1 aliphatic heterocycles. The molecule has 1 heterocycles. The van der Waals surface area contributed by atoms with Gasteiger partial charge in [0.25, 0.3) is 0 Å². The van der Waals surface area contributed by atoms with Crippen molar-refractivity contribution in [1.82, 2.24) is 4.90 Å². The van der Waals surface area contributed by atoms with Gasteiger partial charge in [-0.1, -0.05) is 6.07 Å². The van der Waals surface area contributed by atoms with Gasteiger partial charge in [-0.2, -0.15) is 13.2 Å². The molecule has 2 rings (SSSR count). The van der Waals surface area contributed by atoms with E-state index in [9.17, 15) is 36.3 Å². The Kier molecular flexibility index (Phi) is 4.58. The third-order valence-corrected chi connectivity index (χ3v) is 4.17. The van der Waals surface area contributed by atoms with Gasteiger partial charge in [0.1, 0.15) is 5.92 Å². The summed E-state index contributed by atoms with van der Waals surface area (Å²) in [5.74, 6) is -9.81. The van der Waals surface area contributed by atoms with Crippen molar-refractivity contribution >= 4 is 23.3 Å². The summed E-state index contributed by atoms with van der Waals surface area (Å²) < 4.78 is 67.0. The molecule has 1 aliphatic rings. The SMILES string of the molecule is CC(=O)[C@@]1(C(=O)Nc2cccc(F)c2F)C(=O)N(C)C[C@@H]1C(F)(F)F. The third-order valence-electron chi connectivity index (χ3n) is 4.17. The number of Topliss-reactive ketones (excluding diaryl/α,β-unsaturated/α-hetero) is 1.